The van der Waals surface area contributed by atoms with E-state index >= 15 is 0 Å². The quantitative estimate of drug-likeness (QED) is 0.866. The number of carbonyl (C=O) groups is 1. The minimum absolute atomic E-state index is 0. The van der Waals surface area contributed by atoms with Crippen LogP contribution in [0.25, 0.3) is 0 Å². The highest BCUT2D eigenvalue weighted by molar-refractivity contribution is 5.91. The van der Waals surface area contributed by atoms with E-state index in [-0.39, 0.29) is 24.4 Å². The summed E-state index contributed by atoms with van der Waals surface area (Å²) in [6.07, 6.45) is 7.20. The summed E-state index contributed by atoms with van der Waals surface area (Å²) in [6.45, 7) is 2.15. The van der Waals surface area contributed by atoms with Gasteiger partial charge in [0, 0.05) is 18.2 Å². The number of hydrogen-bond acceptors (Lipinski definition) is 2. The van der Waals surface area contributed by atoms with E-state index in [1.807, 2.05) is 18.2 Å². The average Bonchev–Trinajstić information content (AvgIpc) is 2.44. The van der Waals surface area contributed by atoms with E-state index in [0.717, 1.165) is 31.4 Å². The van der Waals surface area contributed by atoms with Gasteiger partial charge in [-0.05, 0) is 36.8 Å². The number of carbonyl (C=O) groups excluding carboxylic acids is 1. The van der Waals surface area contributed by atoms with Crippen LogP contribution in [0.4, 0.5) is 5.69 Å². The van der Waals surface area contributed by atoms with Gasteiger partial charge in [0.2, 0.25) is 5.91 Å². The predicted octanol–water partition coefficient (Wildman–Crippen LogP) is 3.91. The molecular weight excluding hydrogens is 284 g/mol. The monoisotopic (exact) mass is 310 g/mol. The molecular formula is C17H27ClN2O. The zero-order chi connectivity index (χ0) is 14.4. The lowest BCUT2D eigenvalue weighted by Crippen LogP contribution is -2.35. The Hall–Kier alpha value is -1.06. The van der Waals surface area contributed by atoms with E-state index in [1.165, 1.54) is 18.4 Å². The number of nitrogens with one attached hydrogen (secondary N) is 1. The molecule has 118 valence electrons. The van der Waals surface area contributed by atoms with Crippen LogP contribution in [0.3, 0.4) is 0 Å². The zero-order valence-corrected chi connectivity index (χ0v) is 13.6. The lowest BCUT2D eigenvalue weighted by atomic mass is 9.83. The fourth-order valence-corrected chi connectivity index (χ4v) is 3.06. The molecule has 2 atom stereocenters. The maximum atomic E-state index is 12.2. The van der Waals surface area contributed by atoms with Crippen molar-refractivity contribution in [3.05, 3.63) is 29.8 Å². The first kappa shape index (κ1) is 18.0. The maximum Gasteiger partial charge on any atom is 0.224 e. The Kier molecular flexibility index (Phi) is 7.76. The third-order valence-corrected chi connectivity index (χ3v) is 4.23. The summed E-state index contributed by atoms with van der Waals surface area (Å²) in [7, 11) is 0. The molecule has 2 unspecified atom stereocenters. The minimum Gasteiger partial charge on any atom is -0.327 e. The lowest BCUT2D eigenvalue weighted by Gasteiger charge is -2.28. The Morgan fingerprint density at radius 1 is 1.29 bits per heavy atom. The van der Waals surface area contributed by atoms with E-state index in [1.54, 1.807) is 0 Å². The number of nitrogens with two attached hydrogens (primary N) is 1. The van der Waals surface area contributed by atoms with Crippen molar-refractivity contribution in [1.29, 1.82) is 0 Å². The summed E-state index contributed by atoms with van der Waals surface area (Å²) in [5.41, 5.74) is 8.30. The summed E-state index contributed by atoms with van der Waals surface area (Å²) in [5.74, 6) is 0.456. The molecule has 4 heteroatoms. The summed E-state index contributed by atoms with van der Waals surface area (Å²) in [6, 6.07) is 8.27. The van der Waals surface area contributed by atoms with E-state index in [9.17, 15) is 4.79 Å². The van der Waals surface area contributed by atoms with Crippen LogP contribution in [-0.2, 0) is 11.2 Å². The fourth-order valence-electron chi connectivity index (χ4n) is 3.06. The highest BCUT2D eigenvalue weighted by Gasteiger charge is 2.24. The van der Waals surface area contributed by atoms with E-state index in [4.69, 9.17) is 5.73 Å². The fraction of sp³-hybridized carbons (Fsp3) is 0.588. The maximum absolute atomic E-state index is 12.2. The van der Waals surface area contributed by atoms with Crippen LogP contribution in [0.5, 0.6) is 0 Å². The predicted molar refractivity (Wildman–Crippen MR) is 90.9 cm³/mol. The van der Waals surface area contributed by atoms with Gasteiger partial charge in [0.05, 0.1) is 0 Å². The SMILES string of the molecule is CCCc1ccccc1NC(=O)CC1CCCCC1N.Cl. The van der Waals surface area contributed by atoms with Crippen LogP contribution in [0.1, 0.15) is 51.0 Å². The second-order valence-electron chi connectivity index (χ2n) is 5.87. The Balaban J connectivity index is 0.00000220. The molecule has 3 nitrogen and oxygen atoms in total. The van der Waals surface area contributed by atoms with E-state index < -0.39 is 0 Å². The van der Waals surface area contributed by atoms with Crippen LogP contribution in [0, 0.1) is 5.92 Å². The lowest BCUT2D eigenvalue weighted by molar-refractivity contribution is -0.117. The first-order valence-electron chi connectivity index (χ1n) is 7.84. The van der Waals surface area contributed by atoms with Crippen molar-refractivity contribution in [2.45, 2.75) is 57.9 Å². The molecule has 1 aromatic carbocycles. The van der Waals surface area contributed by atoms with Gasteiger partial charge in [-0.3, -0.25) is 4.79 Å². The van der Waals surface area contributed by atoms with Gasteiger partial charge in [0.15, 0.2) is 0 Å². The van der Waals surface area contributed by atoms with Crippen LogP contribution in [0.2, 0.25) is 0 Å². The number of halogens is 1. The molecule has 1 aromatic rings. The van der Waals surface area contributed by atoms with Crippen molar-refractivity contribution in [3.63, 3.8) is 0 Å². The van der Waals surface area contributed by atoms with Crippen molar-refractivity contribution in [2.24, 2.45) is 11.7 Å². The number of anilines is 1. The topological polar surface area (TPSA) is 55.1 Å². The van der Waals surface area contributed by atoms with E-state index in [0.29, 0.717) is 12.3 Å². The molecule has 0 heterocycles. The smallest absolute Gasteiger partial charge is 0.224 e. The summed E-state index contributed by atoms with van der Waals surface area (Å²) in [4.78, 5) is 12.2. The molecule has 1 aliphatic rings. The number of rotatable bonds is 5. The van der Waals surface area contributed by atoms with Crippen LogP contribution in [0.15, 0.2) is 24.3 Å². The van der Waals surface area contributed by atoms with Gasteiger partial charge >= 0.3 is 0 Å². The summed E-state index contributed by atoms with van der Waals surface area (Å²) < 4.78 is 0. The van der Waals surface area contributed by atoms with E-state index in [2.05, 4.69) is 18.3 Å². The zero-order valence-electron chi connectivity index (χ0n) is 12.8. The first-order chi connectivity index (χ1) is 9.70. The molecule has 0 radical (unpaired) electrons. The highest BCUT2D eigenvalue weighted by atomic mass is 35.5. The second kappa shape index (κ2) is 9.06. The molecule has 0 saturated heterocycles. The van der Waals surface area contributed by atoms with Gasteiger partial charge in [-0.15, -0.1) is 12.4 Å². The molecule has 1 saturated carbocycles. The van der Waals surface area contributed by atoms with Gasteiger partial charge in [0.25, 0.3) is 0 Å². The number of benzene rings is 1. The summed E-state index contributed by atoms with van der Waals surface area (Å²) >= 11 is 0. The molecule has 0 aliphatic heterocycles. The van der Waals surface area contributed by atoms with Gasteiger partial charge in [0.1, 0.15) is 0 Å². The minimum atomic E-state index is 0. The Bertz CT molecular complexity index is 450. The molecule has 1 amide bonds. The normalized spacial score (nSPS) is 21.4. The number of hydrogen-bond donors (Lipinski definition) is 2. The molecule has 3 N–H and O–H groups in total. The van der Waals surface area contributed by atoms with Crippen LogP contribution < -0.4 is 11.1 Å². The summed E-state index contributed by atoms with van der Waals surface area (Å²) in [5, 5.41) is 3.07. The third kappa shape index (κ3) is 5.33. The highest BCUT2D eigenvalue weighted by Crippen LogP contribution is 2.26. The van der Waals surface area contributed by atoms with Crippen molar-refractivity contribution < 1.29 is 4.79 Å². The van der Waals surface area contributed by atoms with Gasteiger partial charge in [-0.1, -0.05) is 44.4 Å². The number of amides is 1. The number of para-hydroxylation sites is 1. The Morgan fingerprint density at radius 3 is 2.71 bits per heavy atom. The first-order valence-corrected chi connectivity index (χ1v) is 7.84. The molecule has 1 fully saturated rings. The standard InChI is InChI=1S/C17H26N2O.ClH/c1-2-7-13-8-4-6-11-16(13)19-17(20)12-14-9-3-5-10-15(14)18;/h4,6,8,11,14-15H,2-3,5,7,9-10,12,18H2,1H3,(H,19,20);1H. The van der Waals surface area contributed by atoms with Crippen LogP contribution >= 0.6 is 12.4 Å². The molecule has 21 heavy (non-hydrogen) atoms. The van der Waals surface area contributed by atoms with Gasteiger partial charge < -0.3 is 11.1 Å². The van der Waals surface area contributed by atoms with Crippen molar-refractivity contribution in [1.82, 2.24) is 0 Å². The largest absolute Gasteiger partial charge is 0.327 e. The van der Waals surface area contributed by atoms with Crippen molar-refractivity contribution >= 4 is 24.0 Å². The molecule has 2 rings (SSSR count). The Morgan fingerprint density at radius 2 is 2.00 bits per heavy atom. The van der Waals surface area contributed by atoms with Gasteiger partial charge in [-0.25, -0.2) is 0 Å². The van der Waals surface area contributed by atoms with Gasteiger partial charge in [-0.2, -0.15) is 0 Å². The molecule has 1 aliphatic carbocycles. The molecule has 0 aromatic heterocycles. The average molecular weight is 311 g/mol. The molecule has 0 spiro atoms. The van der Waals surface area contributed by atoms with Crippen molar-refractivity contribution in [3.8, 4) is 0 Å². The van der Waals surface area contributed by atoms with Crippen molar-refractivity contribution in [2.75, 3.05) is 5.32 Å². The second-order valence-corrected chi connectivity index (χ2v) is 5.87. The molecule has 0 bridgehead atoms. The Labute approximate surface area is 134 Å². The van der Waals surface area contributed by atoms with Crippen LogP contribution in [-0.4, -0.2) is 11.9 Å². The third-order valence-electron chi connectivity index (χ3n) is 4.23. The number of aryl methyl sites for hydroxylation is 1.